The Kier molecular flexibility index (Phi) is 4.58. The fraction of sp³-hybridized carbons (Fsp3) is 0.211. The quantitative estimate of drug-likeness (QED) is 0.762. The number of rotatable bonds is 4. The van der Waals surface area contributed by atoms with Gasteiger partial charge in [-0.15, -0.1) is 0 Å². The van der Waals surface area contributed by atoms with E-state index < -0.39 is 0 Å². The van der Waals surface area contributed by atoms with Crippen LogP contribution in [0.5, 0.6) is 0 Å². The normalized spacial score (nSPS) is 13.8. The molecule has 1 saturated heterocycles. The number of carbonyl (C=O) groups is 1. The van der Waals surface area contributed by atoms with Gasteiger partial charge in [0.15, 0.2) is 5.69 Å². The van der Waals surface area contributed by atoms with Gasteiger partial charge in [-0.05, 0) is 49.2 Å². The number of aromatic nitrogens is 3. The van der Waals surface area contributed by atoms with E-state index in [1.807, 2.05) is 24.3 Å². The van der Waals surface area contributed by atoms with Crippen LogP contribution in [-0.4, -0.2) is 33.8 Å². The Morgan fingerprint density at radius 3 is 2.65 bits per heavy atom. The Labute approximate surface area is 156 Å². The van der Waals surface area contributed by atoms with Gasteiger partial charge in [0.2, 0.25) is 0 Å². The second kappa shape index (κ2) is 7.17. The minimum Gasteiger partial charge on any atom is -0.370 e. The Hall–Kier alpha value is -2.86. The van der Waals surface area contributed by atoms with Crippen LogP contribution in [0.4, 0.5) is 11.5 Å². The van der Waals surface area contributed by atoms with Crippen LogP contribution in [0.15, 0.2) is 54.9 Å². The molecule has 1 aromatic carbocycles. The summed E-state index contributed by atoms with van der Waals surface area (Å²) in [5.74, 6) is 0.211. The summed E-state index contributed by atoms with van der Waals surface area (Å²) in [6.45, 7) is 2.13. The summed E-state index contributed by atoms with van der Waals surface area (Å²) < 4.78 is 1.62. The first-order valence-corrected chi connectivity index (χ1v) is 8.91. The van der Waals surface area contributed by atoms with Gasteiger partial charge >= 0.3 is 0 Å². The number of anilines is 2. The lowest BCUT2D eigenvalue weighted by molar-refractivity contribution is 0.102. The number of amides is 1. The van der Waals surface area contributed by atoms with Crippen molar-refractivity contribution >= 4 is 29.0 Å². The molecular weight excluding hydrogens is 350 g/mol. The van der Waals surface area contributed by atoms with E-state index in [0.717, 1.165) is 24.5 Å². The van der Waals surface area contributed by atoms with Gasteiger partial charge in [-0.1, -0.05) is 17.7 Å². The number of nitrogens with zero attached hydrogens (tertiary/aromatic N) is 4. The van der Waals surface area contributed by atoms with E-state index in [-0.39, 0.29) is 5.91 Å². The van der Waals surface area contributed by atoms with E-state index in [9.17, 15) is 4.79 Å². The maximum atomic E-state index is 12.4. The number of benzene rings is 1. The SMILES string of the molecule is O=C(Nc1ccc(N2CCCC2)cn1)c1ccn(-c2cccc(Cl)c2)n1. The van der Waals surface area contributed by atoms with E-state index in [1.165, 1.54) is 12.8 Å². The summed E-state index contributed by atoms with van der Waals surface area (Å²) in [5, 5.41) is 7.71. The van der Waals surface area contributed by atoms with Crippen molar-refractivity contribution in [3.8, 4) is 5.69 Å². The number of nitrogens with one attached hydrogen (secondary N) is 1. The third-order valence-corrected chi connectivity index (χ3v) is 4.59. The zero-order valence-electron chi connectivity index (χ0n) is 14.1. The molecule has 3 aromatic rings. The molecule has 0 unspecified atom stereocenters. The molecule has 0 atom stereocenters. The summed E-state index contributed by atoms with van der Waals surface area (Å²) in [7, 11) is 0. The maximum Gasteiger partial charge on any atom is 0.277 e. The smallest absolute Gasteiger partial charge is 0.277 e. The average molecular weight is 368 g/mol. The molecule has 1 N–H and O–H groups in total. The zero-order chi connectivity index (χ0) is 17.9. The fourth-order valence-corrected chi connectivity index (χ4v) is 3.19. The van der Waals surface area contributed by atoms with Crippen molar-refractivity contribution in [1.29, 1.82) is 0 Å². The molecule has 4 rings (SSSR count). The monoisotopic (exact) mass is 367 g/mol. The number of hydrogen-bond acceptors (Lipinski definition) is 4. The fourth-order valence-electron chi connectivity index (χ4n) is 3.01. The van der Waals surface area contributed by atoms with Crippen LogP contribution in [0.3, 0.4) is 0 Å². The Morgan fingerprint density at radius 2 is 1.92 bits per heavy atom. The predicted molar refractivity (Wildman–Crippen MR) is 102 cm³/mol. The van der Waals surface area contributed by atoms with E-state index >= 15 is 0 Å². The van der Waals surface area contributed by atoms with Crippen molar-refractivity contribution in [2.45, 2.75) is 12.8 Å². The Balaban J connectivity index is 1.45. The van der Waals surface area contributed by atoms with Crippen molar-refractivity contribution in [2.24, 2.45) is 0 Å². The van der Waals surface area contributed by atoms with E-state index in [4.69, 9.17) is 11.6 Å². The average Bonchev–Trinajstić information content (AvgIpc) is 3.35. The van der Waals surface area contributed by atoms with Gasteiger partial charge in [0.25, 0.3) is 5.91 Å². The lowest BCUT2D eigenvalue weighted by Crippen LogP contribution is -2.18. The highest BCUT2D eigenvalue weighted by molar-refractivity contribution is 6.30. The molecule has 2 aromatic heterocycles. The van der Waals surface area contributed by atoms with Crippen LogP contribution >= 0.6 is 11.6 Å². The first-order chi connectivity index (χ1) is 12.7. The largest absolute Gasteiger partial charge is 0.370 e. The van der Waals surface area contributed by atoms with Crippen LogP contribution in [0.1, 0.15) is 23.3 Å². The van der Waals surface area contributed by atoms with Crippen LogP contribution in [0.25, 0.3) is 5.69 Å². The molecule has 6 nitrogen and oxygen atoms in total. The van der Waals surface area contributed by atoms with Crippen molar-refractivity contribution in [3.63, 3.8) is 0 Å². The zero-order valence-corrected chi connectivity index (χ0v) is 14.9. The highest BCUT2D eigenvalue weighted by atomic mass is 35.5. The van der Waals surface area contributed by atoms with Crippen LogP contribution in [0.2, 0.25) is 5.02 Å². The maximum absolute atomic E-state index is 12.4. The summed E-state index contributed by atoms with van der Waals surface area (Å²) in [6, 6.07) is 12.8. The minimum atomic E-state index is -0.299. The molecule has 7 heteroatoms. The van der Waals surface area contributed by atoms with Crippen molar-refractivity contribution in [3.05, 3.63) is 65.6 Å². The molecular formula is C19H18ClN5O. The second-order valence-corrected chi connectivity index (χ2v) is 6.61. The van der Waals surface area contributed by atoms with Crippen LogP contribution in [0, 0.1) is 0 Å². The molecule has 1 amide bonds. The topological polar surface area (TPSA) is 63.1 Å². The molecule has 1 aliphatic heterocycles. The summed E-state index contributed by atoms with van der Waals surface area (Å²) >= 11 is 6.00. The van der Waals surface area contributed by atoms with Gasteiger partial charge in [0.1, 0.15) is 5.82 Å². The second-order valence-electron chi connectivity index (χ2n) is 6.18. The third kappa shape index (κ3) is 3.55. The molecule has 0 aliphatic carbocycles. The standard InChI is InChI=1S/C19H18ClN5O/c20-14-4-3-5-15(12-14)25-11-8-17(23-25)19(26)22-18-7-6-16(13-21-18)24-9-1-2-10-24/h3-8,11-13H,1-2,9-10H2,(H,21,22,26). The van der Waals surface area contributed by atoms with Crippen molar-refractivity contribution in [2.75, 3.05) is 23.3 Å². The lowest BCUT2D eigenvalue weighted by atomic mass is 10.3. The van der Waals surface area contributed by atoms with E-state index in [0.29, 0.717) is 16.5 Å². The van der Waals surface area contributed by atoms with Gasteiger partial charge < -0.3 is 10.2 Å². The number of halogens is 1. The molecule has 1 fully saturated rings. The molecule has 132 valence electrons. The number of pyridine rings is 1. The summed E-state index contributed by atoms with van der Waals surface area (Å²) in [5.41, 5.74) is 2.20. The highest BCUT2D eigenvalue weighted by Gasteiger charge is 2.14. The van der Waals surface area contributed by atoms with Crippen LogP contribution < -0.4 is 10.2 Å². The van der Waals surface area contributed by atoms with Crippen molar-refractivity contribution in [1.82, 2.24) is 14.8 Å². The summed E-state index contributed by atoms with van der Waals surface area (Å²) in [4.78, 5) is 19.0. The van der Waals surface area contributed by atoms with Gasteiger partial charge in [-0.2, -0.15) is 5.10 Å². The van der Waals surface area contributed by atoms with Gasteiger partial charge in [0, 0.05) is 24.3 Å². The number of carbonyl (C=O) groups excluding carboxylic acids is 1. The van der Waals surface area contributed by atoms with Gasteiger partial charge in [-0.3, -0.25) is 4.79 Å². The molecule has 0 bridgehead atoms. The lowest BCUT2D eigenvalue weighted by Gasteiger charge is -2.17. The van der Waals surface area contributed by atoms with E-state index in [1.54, 1.807) is 35.3 Å². The van der Waals surface area contributed by atoms with Gasteiger partial charge in [-0.25, -0.2) is 9.67 Å². The minimum absolute atomic E-state index is 0.299. The molecule has 0 saturated carbocycles. The van der Waals surface area contributed by atoms with Crippen LogP contribution in [-0.2, 0) is 0 Å². The molecule has 3 heterocycles. The first kappa shape index (κ1) is 16.6. The van der Waals surface area contributed by atoms with Gasteiger partial charge in [0.05, 0.1) is 17.6 Å². The molecule has 1 aliphatic rings. The van der Waals surface area contributed by atoms with E-state index in [2.05, 4.69) is 20.3 Å². The molecule has 0 spiro atoms. The molecule has 0 radical (unpaired) electrons. The Morgan fingerprint density at radius 1 is 1.08 bits per heavy atom. The molecule has 26 heavy (non-hydrogen) atoms. The summed E-state index contributed by atoms with van der Waals surface area (Å²) in [6.07, 6.45) is 5.96. The number of hydrogen-bond donors (Lipinski definition) is 1. The highest BCUT2D eigenvalue weighted by Crippen LogP contribution is 2.20. The predicted octanol–water partition coefficient (Wildman–Crippen LogP) is 3.77. The Bertz CT molecular complexity index is 916. The van der Waals surface area contributed by atoms with Crippen molar-refractivity contribution < 1.29 is 4.79 Å². The first-order valence-electron chi connectivity index (χ1n) is 8.53. The third-order valence-electron chi connectivity index (χ3n) is 4.36.